The maximum Gasteiger partial charge on any atom is 0.0573 e. The second-order valence-corrected chi connectivity index (χ2v) is 6.22. The van der Waals surface area contributed by atoms with Crippen molar-refractivity contribution < 1.29 is 0 Å². The molecule has 1 fully saturated rings. The molecule has 0 spiro atoms. The third-order valence-corrected chi connectivity index (χ3v) is 5.02. The Bertz CT molecular complexity index is 426. The van der Waals surface area contributed by atoms with Crippen molar-refractivity contribution in [2.45, 2.75) is 65.1 Å². The average molecular weight is 275 g/mol. The molecule has 20 heavy (non-hydrogen) atoms. The largest absolute Gasteiger partial charge is 0.310 e. The van der Waals surface area contributed by atoms with Crippen LogP contribution in [-0.4, -0.2) is 34.6 Å². The van der Waals surface area contributed by atoms with Crippen LogP contribution in [0.5, 0.6) is 0 Å². The molecule has 1 atom stereocenters. The third kappa shape index (κ3) is 3.39. The average Bonchev–Trinajstić information content (AvgIpc) is 2.62. The summed E-state index contributed by atoms with van der Waals surface area (Å²) in [5.41, 5.74) is 2.80. The Labute approximate surface area is 123 Å². The van der Waals surface area contributed by atoms with E-state index in [4.69, 9.17) is 0 Å². The van der Waals surface area contributed by atoms with E-state index < -0.39 is 0 Å². The fraction of sp³-hybridized carbons (Fsp3) is 0.706. The topological polar surface area (TPSA) is 28.2 Å². The number of nitrogens with one attached hydrogen (secondary N) is 1. The van der Waals surface area contributed by atoms with Crippen LogP contribution < -0.4 is 5.32 Å². The van der Waals surface area contributed by atoms with Gasteiger partial charge in [-0.1, -0.05) is 19.9 Å². The highest BCUT2D eigenvalue weighted by Crippen LogP contribution is 2.24. The lowest BCUT2D eigenvalue weighted by molar-refractivity contribution is 0.150. The number of hydrogen-bond donors (Lipinski definition) is 1. The van der Waals surface area contributed by atoms with Crippen LogP contribution in [0.15, 0.2) is 18.3 Å². The molecule has 0 aromatic carbocycles. The van der Waals surface area contributed by atoms with E-state index in [2.05, 4.69) is 49.0 Å². The van der Waals surface area contributed by atoms with E-state index in [1.165, 1.54) is 30.5 Å². The first-order valence-corrected chi connectivity index (χ1v) is 8.00. The summed E-state index contributed by atoms with van der Waals surface area (Å²) < 4.78 is 0. The Morgan fingerprint density at radius 3 is 2.80 bits per heavy atom. The van der Waals surface area contributed by atoms with E-state index in [9.17, 15) is 0 Å². The molecule has 112 valence electrons. The van der Waals surface area contributed by atoms with Crippen LogP contribution in [0, 0.1) is 6.92 Å². The zero-order valence-corrected chi connectivity index (χ0v) is 13.4. The highest BCUT2D eigenvalue weighted by atomic mass is 15.2. The van der Waals surface area contributed by atoms with Gasteiger partial charge < -0.3 is 5.32 Å². The fourth-order valence-corrected chi connectivity index (χ4v) is 3.14. The molecule has 3 heteroatoms. The lowest BCUT2D eigenvalue weighted by Crippen LogP contribution is -2.51. The maximum atomic E-state index is 4.57. The lowest BCUT2D eigenvalue weighted by Gasteiger charge is -2.37. The highest BCUT2D eigenvalue weighted by Gasteiger charge is 2.33. The maximum absolute atomic E-state index is 4.57. The van der Waals surface area contributed by atoms with Crippen LogP contribution >= 0.6 is 0 Å². The minimum Gasteiger partial charge on any atom is -0.310 e. The van der Waals surface area contributed by atoms with Crippen LogP contribution in [0.25, 0.3) is 0 Å². The number of nitrogens with zero attached hydrogens (tertiary/aromatic N) is 2. The highest BCUT2D eigenvalue weighted by molar-refractivity contribution is 5.17. The summed E-state index contributed by atoms with van der Waals surface area (Å²) in [4.78, 5) is 7.19. The van der Waals surface area contributed by atoms with Gasteiger partial charge in [0, 0.05) is 30.9 Å². The Morgan fingerprint density at radius 2 is 2.15 bits per heavy atom. The smallest absolute Gasteiger partial charge is 0.0573 e. The summed E-state index contributed by atoms with van der Waals surface area (Å²) >= 11 is 0. The molecule has 3 nitrogen and oxygen atoms in total. The molecule has 0 bridgehead atoms. The SMILES string of the molecule is CCC1(CC)CN(Cc2ncccc2C)C(C)CCN1. The molecule has 0 radical (unpaired) electrons. The van der Waals surface area contributed by atoms with Gasteiger partial charge in [-0.25, -0.2) is 0 Å². The fourth-order valence-electron chi connectivity index (χ4n) is 3.14. The molecule has 2 rings (SSSR count). The Kier molecular flexibility index (Phi) is 5.17. The Hall–Kier alpha value is -0.930. The molecule has 1 aromatic rings. The predicted molar refractivity (Wildman–Crippen MR) is 84.8 cm³/mol. The summed E-state index contributed by atoms with van der Waals surface area (Å²) in [6.45, 7) is 12.3. The molecule has 1 aromatic heterocycles. The summed E-state index contributed by atoms with van der Waals surface area (Å²) in [6.07, 6.45) is 5.51. The van der Waals surface area contributed by atoms with Gasteiger partial charge in [-0.3, -0.25) is 9.88 Å². The van der Waals surface area contributed by atoms with Crippen LogP contribution in [-0.2, 0) is 6.54 Å². The van der Waals surface area contributed by atoms with Gasteiger partial charge in [0.15, 0.2) is 0 Å². The molecule has 1 saturated heterocycles. The third-order valence-electron chi connectivity index (χ3n) is 5.02. The van der Waals surface area contributed by atoms with Crippen molar-refractivity contribution in [1.29, 1.82) is 0 Å². The first-order chi connectivity index (χ1) is 9.60. The summed E-state index contributed by atoms with van der Waals surface area (Å²) in [6, 6.07) is 4.80. The van der Waals surface area contributed by atoms with Crippen molar-refractivity contribution in [2.24, 2.45) is 0 Å². The molecular formula is C17H29N3. The number of pyridine rings is 1. The zero-order chi connectivity index (χ0) is 14.6. The van der Waals surface area contributed by atoms with Crippen molar-refractivity contribution in [3.8, 4) is 0 Å². The van der Waals surface area contributed by atoms with Crippen LogP contribution in [0.1, 0.15) is 51.3 Å². The van der Waals surface area contributed by atoms with Crippen molar-refractivity contribution in [1.82, 2.24) is 15.2 Å². The molecule has 1 aliphatic rings. The summed E-state index contributed by atoms with van der Waals surface area (Å²) in [7, 11) is 0. The first-order valence-electron chi connectivity index (χ1n) is 8.00. The molecule has 2 heterocycles. The van der Waals surface area contributed by atoms with Crippen molar-refractivity contribution in [3.63, 3.8) is 0 Å². The van der Waals surface area contributed by atoms with E-state index in [-0.39, 0.29) is 5.54 Å². The van der Waals surface area contributed by atoms with Crippen molar-refractivity contribution >= 4 is 0 Å². The minimum atomic E-state index is 0.271. The van der Waals surface area contributed by atoms with Gasteiger partial charge in [0.05, 0.1) is 5.69 Å². The second kappa shape index (κ2) is 6.68. The van der Waals surface area contributed by atoms with Gasteiger partial charge in [0.2, 0.25) is 0 Å². The van der Waals surface area contributed by atoms with Crippen LogP contribution in [0.3, 0.4) is 0 Å². The predicted octanol–water partition coefficient (Wildman–Crippen LogP) is 3.13. The Balaban J connectivity index is 2.17. The van der Waals surface area contributed by atoms with Gasteiger partial charge in [0.1, 0.15) is 0 Å². The van der Waals surface area contributed by atoms with Gasteiger partial charge in [0.25, 0.3) is 0 Å². The lowest BCUT2D eigenvalue weighted by atomic mass is 9.92. The molecule has 1 unspecified atom stereocenters. The summed E-state index contributed by atoms with van der Waals surface area (Å²) in [5.74, 6) is 0. The number of aromatic nitrogens is 1. The number of hydrogen-bond acceptors (Lipinski definition) is 3. The van der Waals surface area contributed by atoms with Gasteiger partial charge in [-0.05, 0) is 51.3 Å². The number of rotatable bonds is 4. The summed E-state index contributed by atoms with van der Waals surface area (Å²) in [5, 5.41) is 3.79. The van der Waals surface area contributed by atoms with Crippen molar-refractivity contribution in [2.75, 3.05) is 13.1 Å². The molecule has 1 aliphatic heterocycles. The van der Waals surface area contributed by atoms with Crippen LogP contribution in [0.4, 0.5) is 0 Å². The molecule has 0 aliphatic carbocycles. The Morgan fingerprint density at radius 1 is 1.40 bits per heavy atom. The number of aryl methyl sites for hydroxylation is 1. The normalized spacial score (nSPS) is 23.5. The van der Waals surface area contributed by atoms with Gasteiger partial charge >= 0.3 is 0 Å². The monoisotopic (exact) mass is 275 g/mol. The molecule has 0 saturated carbocycles. The van der Waals surface area contributed by atoms with Gasteiger partial charge in [-0.15, -0.1) is 0 Å². The van der Waals surface area contributed by atoms with E-state index >= 15 is 0 Å². The molecule has 0 amide bonds. The quantitative estimate of drug-likeness (QED) is 0.915. The van der Waals surface area contributed by atoms with E-state index in [1.54, 1.807) is 0 Å². The standard InChI is InChI=1S/C17H29N3/c1-5-17(6-2)13-20(15(4)9-11-19-17)12-16-14(3)8-7-10-18-16/h7-8,10,15,19H,5-6,9,11-13H2,1-4H3. The van der Waals surface area contributed by atoms with E-state index in [0.717, 1.165) is 19.6 Å². The first kappa shape index (κ1) is 15.5. The second-order valence-electron chi connectivity index (χ2n) is 6.22. The molecular weight excluding hydrogens is 246 g/mol. The molecule has 1 N–H and O–H groups in total. The van der Waals surface area contributed by atoms with E-state index in [0.29, 0.717) is 6.04 Å². The van der Waals surface area contributed by atoms with E-state index in [1.807, 2.05) is 12.3 Å². The van der Waals surface area contributed by atoms with Gasteiger partial charge in [-0.2, -0.15) is 0 Å². The zero-order valence-electron chi connectivity index (χ0n) is 13.4. The van der Waals surface area contributed by atoms with Crippen molar-refractivity contribution in [3.05, 3.63) is 29.6 Å². The van der Waals surface area contributed by atoms with Crippen LogP contribution in [0.2, 0.25) is 0 Å². The minimum absolute atomic E-state index is 0.271.